The predicted octanol–water partition coefficient (Wildman–Crippen LogP) is 6.02. The number of hydrogen-bond acceptors (Lipinski definition) is 8. The molecule has 0 spiro atoms. The number of carbonyl (C=O) groups is 1. The summed E-state index contributed by atoms with van der Waals surface area (Å²) in [7, 11) is 3.32. The van der Waals surface area contributed by atoms with Crippen molar-refractivity contribution in [1.82, 2.24) is 19.7 Å². The van der Waals surface area contributed by atoms with Gasteiger partial charge in [-0.15, -0.1) is 0 Å². The third-order valence-corrected chi connectivity index (χ3v) is 6.60. The summed E-state index contributed by atoms with van der Waals surface area (Å²) >= 11 is 0. The number of methoxy groups -OCH3 is 2. The number of aliphatic hydroxyl groups excluding tert-OH is 1. The van der Waals surface area contributed by atoms with Crippen molar-refractivity contribution < 1.29 is 19.4 Å². The fourth-order valence-corrected chi connectivity index (χ4v) is 4.00. The number of aliphatic hydroxyl groups is 1. The lowest BCUT2D eigenvalue weighted by atomic mass is 10.1. The maximum atomic E-state index is 11.4. The van der Waals surface area contributed by atoms with Gasteiger partial charge in [-0.3, -0.25) is 9.67 Å². The highest BCUT2D eigenvalue weighted by Crippen LogP contribution is 2.38. The van der Waals surface area contributed by atoms with Crippen LogP contribution in [0.1, 0.15) is 47.5 Å². The van der Waals surface area contributed by atoms with Gasteiger partial charge in [0.15, 0.2) is 0 Å². The average molecular weight is 548 g/mol. The lowest BCUT2D eigenvalue weighted by Crippen LogP contribution is -2.28. The zero-order valence-corrected chi connectivity index (χ0v) is 23.3. The van der Waals surface area contributed by atoms with Gasteiger partial charge in [0.05, 0.1) is 43.3 Å². The fraction of sp³-hybridized carbons (Fsp3) is 0.419. The molecular weight excluding hydrogens is 506 g/mol. The predicted molar refractivity (Wildman–Crippen MR) is 160 cm³/mol. The number of benzene rings is 2. The van der Waals surface area contributed by atoms with Crippen LogP contribution in [0.4, 0.5) is 11.4 Å². The number of aldehydes is 1. The summed E-state index contributed by atoms with van der Waals surface area (Å²) in [5, 5.41) is 12.2. The first-order chi connectivity index (χ1) is 18.8. The van der Waals surface area contributed by atoms with E-state index in [1.165, 1.54) is 12.8 Å². The van der Waals surface area contributed by atoms with Crippen LogP contribution in [0, 0.1) is 5.92 Å². The van der Waals surface area contributed by atoms with Crippen LogP contribution in [0.2, 0.25) is 0 Å². The number of hydrogen-bond donors (Lipinski definition) is 1. The van der Waals surface area contributed by atoms with E-state index >= 15 is 0 Å². The van der Waals surface area contributed by atoms with E-state index in [0.717, 1.165) is 58.7 Å². The van der Waals surface area contributed by atoms with Gasteiger partial charge in [0.1, 0.15) is 23.3 Å². The SMILES string of the molecule is C.CCCO.COc1cc(OC)cc(N(CC2CC2)c2ccc3ncc(-c4cnn(C(C)(C)C=O)c4)nc3c2)c1. The maximum Gasteiger partial charge on any atom is 0.147 e. The Morgan fingerprint density at radius 1 is 1.05 bits per heavy atom. The molecule has 1 N–H and O–H groups in total. The van der Waals surface area contributed by atoms with Crippen LogP contribution >= 0.6 is 0 Å². The molecule has 1 saturated carbocycles. The van der Waals surface area contributed by atoms with Crippen molar-refractivity contribution in [2.45, 2.75) is 53.0 Å². The standard InChI is InChI=1S/C27H29N5O3.C3H8O.CH4/c1-27(2,17-33)32-16-19(13-29-32)26-14-28-24-8-7-20(11-25(24)30-26)31(15-18-5-6-18)21-9-22(34-3)12-23(10-21)35-4;1-2-3-4;/h7-14,16-18H,5-6,15H2,1-4H3;4H,2-3H2,1H3;1H4. The van der Waals surface area contributed by atoms with Crippen LogP contribution in [0.25, 0.3) is 22.3 Å². The van der Waals surface area contributed by atoms with Gasteiger partial charge < -0.3 is 24.3 Å². The quantitative estimate of drug-likeness (QED) is 0.241. The third-order valence-electron chi connectivity index (χ3n) is 6.60. The van der Waals surface area contributed by atoms with E-state index < -0.39 is 5.54 Å². The first kappa shape index (κ1) is 30.6. The number of carbonyl (C=O) groups excluding carboxylic acids is 1. The van der Waals surface area contributed by atoms with E-state index in [0.29, 0.717) is 18.2 Å². The molecule has 9 heteroatoms. The number of rotatable bonds is 10. The molecule has 214 valence electrons. The van der Waals surface area contributed by atoms with E-state index in [1.54, 1.807) is 31.3 Å². The number of nitrogens with zero attached hydrogens (tertiary/aromatic N) is 5. The second-order valence-corrected chi connectivity index (χ2v) is 10.2. The van der Waals surface area contributed by atoms with Gasteiger partial charge in [-0.1, -0.05) is 14.4 Å². The van der Waals surface area contributed by atoms with Crippen LogP contribution in [0.5, 0.6) is 11.5 Å². The van der Waals surface area contributed by atoms with Crippen LogP contribution in [0.15, 0.2) is 55.0 Å². The maximum absolute atomic E-state index is 11.4. The van der Waals surface area contributed by atoms with Gasteiger partial charge in [-0.2, -0.15) is 5.10 Å². The summed E-state index contributed by atoms with van der Waals surface area (Å²) in [5.41, 5.74) is 4.44. The number of ether oxygens (including phenoxy) is 2. The van der Waals surface area contributed by atoms with E-state index in [-0.39, 0.29) is 7.43 Å². The average Bonchev–Trinajstić information content (AvgIpc) is 3.66. The zero-order valence-electron chi connectivity index (χ0n) is 23.3. The van der Waals surface area contributed by atoms with Crippen molar-refractivity contribution in [2.24, 2.45) is 5.92 Å². The molecule has 1 aliphatic rings. The Kier molecular flexibility index (Phi) is 10.2. The van der Waals surface area contributed by atoms with Gasteiger partial charge in [-0.05, 0) is 57.2 Å². The molecule has 0 unspecified atom stereocenters. The Balaban J connectivity index is 0.000000828. The molecular formula is C31H41N5O4. The van der Waals surface area contributed by atoms with Gasteiger partial charge in [0.25, 0.3) is 0 Å². The molecule has 0 bridgehead atoms. The Morgan fingerprint density at radius 3 is 2.30 bits per heavy atom. The molecule has 1 fully saturated rings. The summed E-state index contributed by atoms with van der Waals surface area (Å²) in [5.74, 6) is 2.16. The topological polar surface area (TPSA) is 103 Å². The summed E-state index contributed by atoms with van der Waals surface area (Å²) in [6.07, 6.45) is 9.51. The normalized spacial score (nSPS) is 12.7. The van der Waals surface area contributed by atoms with Gasteiger partial charge in [-0.25, -0.2) is 4.98 Å². The number of anilines is 2. The summed E-state index contributed by atoms with van der Waals surface area (Å²) in [6, 6.07) is 12.1. The Labute approximate surface area is 236 Å². The second kappa shape index (κ2) is 13.4. The molecule has 0 aliphatic heterocycles. The highest BCUT2D eigenvalue weighted by atomic mass is 16.5. The zero-order chi connectivity index (χ0) is 28.0. The molecule has 2 heterocycles. The van der Waals surface area contributed by atoms with Crippen molar-refractivity contribution >= 4 is 28.7 Å². The molecule has 0 radical (unpaired) electrons. The number of fused-ring (bicyclic) bond motifs is 1. The Hall–Kier alpha value is -3.98. The molecule has 5 rings (SSSR count). The van der Waals surface area contributed by atoms with Crippen LogP contribution in [-0.4, -0.2) is 58.5 Å². The summed E-state index contributed by atoms with van der Waals surface area (Å²) in [6.45, 7) is 6.79. The smallest absolute Gasteiger partial charge is 0.147 e. The highest BCUT2D eigenvalue weighted by Gasteiger charge is 2.26. The molecule has 0 amide bonds. The molecule has 40 heavy (non-hydrogen) atoms. The lowest BCUT2D eigenvalue weighted by molar-refractivity contribution is -0.114. The van der Waals surface area contributed by atoms with E-state index in [2.05, 4.69) is 27.1 Å². The van der Waals surface area contributed by atoms with Crippen molar-refractivity contribution in [3.63, 3.8) is 0 Å². The molecule has 9 nitrogen and oxygen atoms in total. The van der Waals surface area contributed by atoms with Crippen molar-refractivity contribution in [1.29, 1.82) is 0 Å². The van der Waals surface area contributed by atoms with Crippen LogP contribution in [-0.2, 0) is 10.3 Å². The second-order valence-electron chi connectivity index (χ2n) is 10.2. The van der Waals surface area contributed by atoms with Crippen molar-refractivity contribution in [3.8, 4) is 22.8 Å². The summed E-state index contributed by atoms with van der Waals surface area (Å²) < 4.78 is 12.7. The highest BCUT2D eigenvalue weighted by molar-refractivity contribution is 5.82. The molecule has 0 saturated heterocycles. The van der Waals surface area contributed by atoms with Crippen molar-refractivity contribution in [3.05, 3.63) is 55.0 Å². The third kappa shape index (κ3) is 7.15. The summed E-state index contributed by atoms with van der Waals surface area (Å²) in [4.78, 5) is 23.2. The van der Waals surface area contributed by atoms with E-state index in [4.69, 9.17) is 19.6 Å². The van der Waals surface area contributed by atoms with E-state index in [1.807, 2.05) is 51.2 Å². The molecule has 0 atom stereocenters. The van der Waals surface area contributed by atoms with Crippen LogP contribution in [0.3, 0.4) is 0 Å². The fourth-order valence-electron chi connectivity index (χ4n) is 4.00. The molecule has 2 aromatic carbocycles. The Morgan fingerprint density at radius 2 is 1.73 bits per heavy atom. The minimum Gasteiger partial charge on any atom is -0.497 e. The first-order valence-electron chi connectivity index (χ1n) is 13.2. The Bertz CT molecular complexity index is 1390. The largest absolute Gasteiger partial charge is 0.497 e. The van der Waals surface area contributed by atoms with Crippen molar-refractivity contribution in [2.75, 3.05) is 32.3 Å². The van der Waals surface area contributed by atoms with Gasteiger partial charge in [0, 0.05) is 54.5 Å². The monoisotopic (exact) mass is 547 g/mol. The minimum absolute atomic E-state index is 0. The minimum atomic E-state index is -0.725. The number of aromatic nitrogens is 4. The molecule has 2 aromatic heterocycles. The molecule has 4 aromatic rings. The molecule has 1 aliphatic carbocycles. The lowest BCUT2D eigenvalue weighted by Gasteiger charge is -2.26. The van der Waals surface area contributed by atoms with Crippen LogP contribution < -0.4 is 14.4 Å². The van der Waals surface area contributed by atoms with Gasteiger partial charge in [0.2, 0.25) is 0 Å². The van der Waals surface area contributed by atoms with E-state index in [9.17, 15) is 4.79 Å². The first-order valence-corrected chi connectivity index (χ1v) is 13.2. The van der Waals surface area contributed by atoms with Gasteiger partial charge >= 0.3 is 0 Å².